The average molecular weight is 123 g/mol. The fourth-order valence-electron chi connectivity index (χ4n) is 1.47. The summed E-state index contributed by atoms with van der Waals surface area (Å²) in [7, 11) is 0. The third-order valence-corrected chi connectivity index (χ3v) is 2.17. The molecule has 1 heterocycles. The molecule has 2 aliphatic rings. The highest BCUT2D eigenvalue weighted by molar-refractivity contribution is 5.26. The Morgan fingerprint density at radius 3 is 2.44 bits per heavy atom. The molecule has 0 unspecified atom stereocenters. The van der Waals surface area contributed by atoms with Gasteiger partial charge in [-0.2, -0.15) is 0 Å². The molecule has 1 N–H and O–H groups in total. The molecule has 0 bridgehead atoms. The van der Waals surface area contributed by atoms with E-state index in [4.69, 9.17) is 0 Å². The molecule has 2 rings (SSSR count). The molecule has 1 aliphatic heterocycles. The van der Waals surface area contributed by atoms with Crippen molar-refractivity contribution in [3.8, 4) is 0 Å². The summed E-state index contributed by atoms with van der Waals surface area (Å²) in [5.41, 5.74) is 3.48. The normalized spacial score (nSPS) is 26.7. The van der Waals surface area contributed by atoms with Crippen LogP contribution in [0.15, 0.2) is 11.1 Å². The predicted molar refractivity (Wildman–Crippen MR) is 38.4 cm³/mol. The Hall–Kier alpha value is -0.300. The van der Waals surface area contributed by atoms with Gasteiger partial charge in [0, 0.05) is 6.54 Å². The van der Waals surface area contributed by atoms with Gasteiger partial charge < -0.3 is 5.32 Å². The third kappa shape index (κ3) is 1.16. The van der Waals surface area contributed by atoms with E-state index in [0.717, 1.165) is 0 Å². The van der Waals surface area contributed by atoms with Crippen LogP contribution in [0, 0.1) is 0 Å². The van der Waals surface area contributed by atoms with Crippen LogP contribution in [0.5, 0.6) is 0 Å². The highest BCUT2D eigenvalue weighted by atomic mass is 14.9. The molecule has 0 atom stereocenters. The number of rotatable bonds is 0. The molecule has 1 aliphatic carbocycles. The zero-order valence-electron chi connectivity index (χ0n) is 5.74. The van der Waals surface area contributed by atoms with E-state index in [9.17, 15) is 0 Å². The molecule has 2 fully saturated rings. The average Bonchev–Trinajstić information content (AvgIpc) is 2.71. The number of allylic oxidation sites excluding steroid dienone is 1. The second-order valence-electron chi connectivity index (χ2n) is 2.99. The van der Waals surface area contributed by atoms with Crippen LogP contribution >= 0.6 is 0 Å². The molecule has 0 aromatic carbocycles. The number of hydrogen-bond donors (Lipinski definition) is 1. The van der Waals surface area contributed by atoms with Crippen molar-refractivity contribution in [3.63, 3.8) is 0 Å². The summed E-state index contributed by atoms with van der Waals surface area (Å²) in [4.78, 5) is 0. The molecular weight excluding hydrogens is 110 g/mol. The van der Waals surface area contributed by atoms with E-state index >= 15 is 0 Å². The topological polar surface area (TPSA) is 12.0 Å². The van der Waals surface area contributed by atoms with E-state index in [2.05, 4.69) is 5.32 Å². The van der Waals surface area contributed by atoms with Crippen LogP contribution in [0.4, 0.5) is 0 Å². The Morgan fingerprint density at radius 2 is 1.89 bits per heavy atom. The summed E-state index contributed by atoms with van der Waals surface area (Å²) in [6.07, 6.45) is 5.54. The van der Waals surface area contributed by atoms with Crippen LogP contribution in [-0.2, 0) is 0 Å². The van der Waals surface area contributed by atoms with Crippen molar-refractivity contribution >= 4 is 0 Å². The molecule has 1 nitrogen and oxygen atoms in total. The minimum Gasteiger partial charge on any atom is -0.313 e. The van der Waals surface area contributed by atoms with Gasteiger partial charge in [-0.05, 0) is 32.2 Å². The predicted octanol–water partition coefficient (Wildman–Crippen LogP) is 1.46. The summed E-state index contributed by atoms with van der Waals surface area (Å²) in [5, 5.41) is 3.40. The Balaban J connectivity index is 2.02. The van der Waals surface area contributed by atoms with Gasteiger partial charge in [0.25, 0.3) is 0 Å². The summed E-state index contributed by atoms with van der Waals surface area (Å²) >= 11 is 0. The Labute approximate surface area is 56.1 Å². The van der Waals surface area contributed by atoms with Crippen LogP contribution in [0.1, 0.15) is 25.7 Å². The highest BCUT2D eigenvalue weighted by Crippen LogP contribution is 2.33. The molecule has 1 heteroatoms. The number of nitrogens with one attached hydrogen (secondary N) is 1. The SMILES string of the molecule is C1CNCC(=C2CC2)C1. The van der Waals surface area contributed by atoms with Gasteiger partial charge in [0.1, 0.15) is 0 Å². The lowest BCUT2D eigenvalue weighted by molar-refractivity contribution is 0.607. The first kappa shape index (κ1) is 5.48. The maximum absolute atomic E-state index is 3.40. The molecule has 0 spiro atoms. The van der Waals surface area contributed by atoms with Gasteiger partial charge >= 0.3 is 0 Å². The molecule has 9 heavy (non-hydrogen) atoms. The first-order chi connectivity index (χ1) is 4.47. The number of hydrogen-bond acceptors (Lipinski definition) is 1. The molecule has 0 aromatic heterocycles. The second kappa shape index (κ2) is 2.14. The molecule has 50 valence electrons. The van der Waals surface area contributed by atoms with E-state index in [1.54, 1.807) is 11.1 Å². The van der Waals surface area contributed by atoms with Crippen molar-refractivity contribution in [2.45, 2.75) is 25.7 Å². The molecular formula is C8H13N. The molecule has 1 saturated carbocycles. The van der Waals surface area contributed by atoms with Crippen LogP contribution in [0.25, 0.3) is 0 Å². The molecule has 0 aromatic rings. The van der Waals surface area contributed by atoms with Gasteiger partial charge in [-0.25, -0.2) is 0 Å². The van der Waals surface area contributed by atoms with Gasteiger partial charge in [0.15, 0.2) is 0 Å². The lowest BCUT2D eigenvalue weighted by Gasteiger charge is -2.14. The van der Waals surface area contributed by atoms with Gasteiger partial charge in [-0.1, -0.05) is 11.1 Å². The van der Waals surface area contributed by atoms with Crippen molar-refractivity contribution in [3.05, 3.63) is 11.1 Å². The Kier molecular flexibility index (Phi) is 1.31. The fourth-order valence-corrected chi connectivity index (χ4v) is 1.47. The highest BCUT2D eigenvalue weighted by Gasteiger charge is 2.18. The quantitative estimate of drug-likeness (QED) is 0.481. The standard InChI is InChI=1S/C8H13N/c1-2-8(6-9-5-1)7-3-4-7/h9H,1-6H2. The first-order valence-corrected chi connectivity index (χ1v) is 3.87. The van der Waals surface area contributed by atoms with Gasteiger partial charge in [0.2, 0.25) is 0 Å². The smallest absolute Gasteiger partial charge is 0.0167 e. The van der Waals surface area contributed by atoms with E-state index in [0.29, 0.717) is 0 Å². The van der Waals surface area contributed by atoms with Crippen LogP contribution in [0.2, 0.25) is 0 Å². The summed E-state index contributed by atoms with van der Waals surface area (Å²) < 4.78 is 0. The van der Waals surface area contributed by atoms with E-state index in [1.165, 1.54) is 38.8 Å². The largest absolute Gasteiger partial charge is 0.313 e. The lowest BCUT2D eigenvalue weighted by atomic mass is 10.1. The molecule has 1 saturated heterocycles. The summed E-state index contributed by atoms with van der Waals surface area (Å²) in [6, 6.07) is 0. The Bertz CT molecular complexity index is 133. The van der Waals surface area contributed by atoms with Crippen molar-refractivity contribution in [2.75, 3.05) is 13.1 Å². The minimum atomic E-state index is 1.19. The van der Waals surface area contributed by atoms with Crippen LogP contribution in [0.3, 0.4) is 0 Å². The molecule has 0 radical (unpaired) electrons. The monoisotopic (exact) mass is 123 g/mol. The lowest BCUT2D eigenvalue weighted by Crippen LogP contribution is -2.23. The zero-order valence-corrected chi connectivity index (χ0v) is 5.74. The maximum atomic E-state index is 3.40. The van der Waals surface area contributed by atoms with Crippen LogP contribution in [-0.4, -0.2) is 13.1 Å². The molecule has 0 amide bonds. The first-order valence-electron chi connectivity index (χ1n) is 3.87. The second-order valence-corrected chi connectivity index (χ2v) is 2.99. The summed E-state index contributed by atoms with van der Waals surface area (Å²) in [6.45, 7) is 2.42. The van der Waals surface area contributed by atoms with Crippen molar-refractivity contribution in [2.24, 2.45) is 0 Å². The van der Waals surface area contributed by atoms with E-state index in [1.807, 2.05) is 0 Å². The fraction of sp³-hybridized carbons (Fsp3) is 0.750. The van der Waals surface area contributed by atoms with Gasteiger partial charge in [-0.3, -0.25) is 0 Å². The van der Waals surface area contributed by atoms with Crippen molar-refractivity contribution in [1.29, 1.82) is 0 Å². The maximum Gasteiger partial charge on any atom is 0.0167 e. The Morgan fingerprint density at radius 1 is 1.00 bits per heavy atom. The third-order valence-electron chi connectivity index (χ3n) is 2.17. The van der Waals surface area contributed by atoms with Crippen molar-refractivity contribution < 1.29 is 0 Å². The minimum absolute atomic E-state index is 1.19. The summed E-state index contributed by atoms with van der Waals surface area (Å²) in [5.74, 6) is 0. The van der Waals surface area contributed by atoms with E-state index in [-0.39, 0.29) is 0 Å². The number of piperidine rings is 1. The van der Waals surface area contributed by atoms with Crippen LogP contribution < -0.4 is 5.32 Å². The van der Waals surface area contributed by atoms with E-state index < -0.39 is 0 Å². The zero-order chi connectivity index (χ0) is 6.10. The van der Waals surface area contributed by atoms with Gasteiger partial charge in [0.05, 0.1) is 0 Å². The van der Waals surface area contributed by atoms with Crippen molar-refractivity contribution in [1.82, 2.24) is 5.32 Å². The van der Waals surface area contributed by atoms with Gasteiger partial charge in [-0.15, -0.1) is 0 Å².